The van der Waals surface area contributed by atoms with Crippen molar-refractivity contribution < 1.29 is 19.1 Å². The van der Waals surface area contributed by atoms with Crippen molar-refractivity contribution in [3.05, 3.63) is 77.0 Å². The van der Waals surface area contributed by atoms with Crippen LogP contribution in [0.5, 0.6) is 5.75 Å². The standard InChI is InChI=1S/C24H21NO4/c1-3-28-24(27)20-15(2)29-23-18-12-8-7-11-17(18)22(26)19(21(20)23)14-25-13-16-9-5-4-6-10-16/h4-12,14,26H,3,13H2,1-2H3. The van der Waals surface area contributed by atoms with Crippen LogP contribution in [0, 0.1) is 6.92 Å². The van der Waals surface area contributed by atoms with Crippen molar-refractivity contribution in [3.8, 4) is 5.75 Å². The number of carbonyl (C=O) groups excluding carboxylic acids is 1. The number of benzene rings is 3. The molecule has 0 amide bonds. The zero-order valence-corrected chi connectivity index (χ0v) is 16.3. The number of nitrogens with zero attached hydrogens (tertiary/aromatic N) is 1. The molecule has 4 rings (SSSR count). The Bertz CT molecular complexity index is 1220. The van der Waals surface area contributed by atoms with Crippen LogP contribution in [-0.2, 0) is 11.3 Å². The van der Waals surface area contributed by atoms with Crippen LogP contribution in [0.25, 0.3) is 21.7 Å². The highest BCUT2D eigenvalue weighted by molar-refractivity contribution is 6.21. The molecule has 0 aliphatic heterocycles. The number of fused-ring (bicyclic) bond motifs is 3. The molecule has 146 valence electrons. The summed E-state index contributed by atoms with van der Waals surface area (Å²) in [6, 6.07) is 17.2. The molecule has 0 bridgehead atoms. The van der Waals surface area contributed by atoms with E-state index in [0.717, 1.165) is 10.9 Å². The highest BCUT2D eigenvalue weighted by atomic mass is 16.5. The van der Waals surface area contributed by atoms with Gasteiger partial charge in [0, 0.05) is 27.9 Å². The fraction of sp³-hybridized carbons (Fsp3) is 0.167. The summed E-state index contributed by atoms with van der Waals surface area (Å²) in [6.07, 6.45) is 1.61. The summed E-state index contributed by atoms with van der Waals surface area (Å²) >= 11 is 0. The maximum atomic E-state index is 12.6. The van der Waals surface area contributed by atoms with E-state index in [0.29, 0.717) is 39.8 Å². The molecule has 0 atom stereocenters. The molecule has 0 unspecified atom stereocenters. The molecule has 0 saturated carbocycles. The maximum absolute atomic E-state index is 12.6. The predicted octanol–water partition coefficient (Wildman–Crippen LogP) is 5.40. The topological polar surface area (TPSA) is 72.0 Å². The van der Waals surface area contributed by atoms with Crippen molar-refractivity contribution in [1.29, 1.82) is 0 Å². The second kappa shape index (κ2) is 7.80. The van der Waals surface area contributed by atoms with E-state index in [2.05, 4.69) is 4.99 Å². The quantitative estimate of drug-likeness (QED) is 0.368. The lowest BCUT2D eigenvalue weighted by molar-refractivity contribution is 0.0526. The van der Waals surface area contributed by atoms with Crippen LogP contribution in [-0.4, -0.2) is 23.9 Å². The SMILES string of the molecule is CCOC(=O)c1c(C)oc2c1c(C=NCc1ccccc1)c(O)c1ccccc12. The molecule has 1 N–H and O–H groups in total. The number of phenolic OH excluding ortho intramolecular Hbond substituents is 1. The summed E-state index contributed by atoms with van der Waals surface area (Å²) in [4.78, 5) is 17.1. The summed E-state index contributed by atoms with van der Waals surface area (Å²) < 4.78 is 11.2. The fourth-order valence-corrected chi connectivity index (χ4v) is 3.54. The van der Waals surface area contributed by atoms with Gasteiger partial charge in [-0.1, -0.05) is 54.6 Å². The Labute approximate surface area is 168 Å². The first-order valence-corrected chi connectivity index (χ1v) is 9.49. The Balaban J connectivity index is 1.94. The summed E-state index contributed by atoms with van der Waals surface area (Å²) in [5, 5.41) is 12.9. The number of aromatic hydroxyl groups is 1. The second-order valence-electron chi connectivity index (χ2n) is 6.72. The van der Waals surface area contributed by atoms with E-state index in [-0.39, 0.29) is 12.4 Å². The average Bonchev–Trinajstić information content (AvgIpc) is 3.08. The Kier molecular flexibility index (Phi) is 5.04. The van der Waals surface area contributed by atoms with Crippen LogP contribution in [0.3, 0.4) is 0 Å². The van der Waals surface area contributed by atoms with Crippen molar-refractivity contribution in [2.75, 3.05) is 6.61 Å². The van der Waals surface area contributed by atoms with Gasteiger partial charge in [0.25, 0.3) is 0 Å². The summed E-state index contributed by atoms with van der Waals surface area (Å²) in [7, 11) is 0. The van der Waals surface area contributed by atoms with E-state index in [1.807, 2.05) is 54.6 Å². The molecule has 0 aliphatic carbocycles. The van der Waals surface area contributed by atoms with Gasteiger partial charge in [-0.25, -0.2) is 4.79 Å². The Morgan fingerprint density at radius 2 is 1.79 bits per heavy atom. The zero-order valence-electron chi connectivity index (χ0n) is 16.3. The van der Waals surface area contributed by atoms with Gasteiger partial charge in [0.05, 0.1) is 13.2 Å². The number of furan rings is 1. The van der Waals surface area contributed by atoms with Crippen molar-refractivity contribution in [1.82, 2.24) is 0 Å². The maximum Gasteiger partial charge on any atom is 0.342 e. The van der Waals surface area contributed by atoms with Gasteiger partial charge in [-0.2, -0.15) is 0 Å². The van der Waals surface area contributed by atoms with Gasteiger partial charge in [0.2, 0.25) is 0 Å². The minimum absolute atomic E-state index is 0.0660. The van der Waals surface area contributed by atoms with Gasteiger partial charge in [-0.3, -0.25) is 4.99 Å². The van der Waals surface area contributed by atoms with Crippen LogP contribution >= 0.6 is 0 Å². The van der Waals surface area contributed by atoms with E-state index < -0.39 is 5.97 Å². The number of hydrogen-bond donors (Lipinski definition) is 1. The predicted molar refractivity (Wildman–Crippen MR) is 114 cm³/mol. The average molecular weight is 387 g/mol. The lowest BCUT2D eigenvalue weighted by Gasteiger charge is -2.08. The van der Waals surface area contributed by atoms with Gasteiger partial charge in [-0.05, 0) is 19.4 Å². The molecular formula is C24H21NO4. The number of aryl methyl sites for hydroxylation is 1. The largest absolute Gasteiger partial charge is 0.507 e. The molecular weight excluding hydrogens is 366 g/mol. The summed E-state index contributed by atoms with van der Waals surface area (Å²) in [6.45, 7) is 4.19. The molecule has 1 heterocycles. The van der Waals surface area contributed by atoms with Crippen LogP contribution < -0.4 is 0 Å². The molecule has 0 saturated heterocycles. The number of carbonyl (C=O) groups is 1. The highest BCUT2D eigenvalue weighted by Crippen LogP contribution is 2.40. The molecule has 0 radical (unpaired) electrons. The smallest absolute Gasteiger partial charge is 0.342 e. The van der Waals surface area contributed by atoms with E-state index >= 15 is 0 Å². The normalized spacial score (nSPS) is 11.5. The van der Waals surface area contributed by atoms with E-state index in [9.17, 15) is 9.90 Å². The minimum Gasteiger partial charge on any atom is -0.507 e. The minimum atomic E-state index is -0.476. The molecule has 4 aromatic rings. The number of ether oxygens (including phenoxy) is 1. The van der Waals surface area contributed by atoms with Gasteiger partial charge >= 0.3 is 5.97 Å². The fourth-order valence-electron chi connectivity index (χ4n) is 3.54. The van der Waals surface area contributed by atoms with Gasteiger partial charge in [0.15, 0.2) is 0 Å². The lowest BCUT2D eigenvalue weighted by atomic mass is 9.98. The van der Waals surface area contributed by atoms with Crippen LogP contribution in [0.15, 0.2) is 64.0 Å². The van der Waals surface area contributed by atoms with Crippen molar-refractivity contribution in [3.63, 3.8) is 0 Å². The Morgan fingerprint density at radius 3 is 2.52 bits per heavy atom. The molecule has 1 aromatic heterocycles. The van der Waals surface area contributed by atoms with E-state index in [1.54, 1.807) is 20.1 Å². The highest BCUT2D eigenvalue weighted by Gasteiger charge is 2.25. The Morgan fingerprint density at radius 1 is 1.10 bits per heavy atom. The number of hydrogen-bond acceptors (Lipinski definition) is 5. The number of esters is 1. The summed E-state index contributed by atoms with van der Waals surface area (Å²) in [5.74, 6) is 0.0410. The van der Waals surface area contributed by atoms with Crippen molar-refractivity contribution in [2.45, 2.75) is 20.4 Å². The van der Waals surface area contributed by atoms with Crippen LogP contribution in [0.2, 0.25) is 0 Å². The van der Waals surface area contributed by atoms with Crippen molar-refractivity contribution in [2.24, 2.45) is 4.99 Å². The zero-order chi connectivity index (χ0) is 20.4. The first-order chi connectivity index (χ1) is 14.1. The van der Waals surface area contributed by atoms with Crippen LogP contribution in [0.1, 0.15) is 34.2 Å². The van der Waals surface area contributed by atoms with Crippen LogP contribution in [0.4, 0.5) is 0 Å². The Hall–Kier alpha value is -3.60. The molecule has 0 aliphatic rings. The number of phenols is 1. The van der Waals surface area contributed by atoms with E-state index in [1.165, 1.54) is 0 Å². The molecule has 5 nitrogen and oxygen atoms in total. The van der Waals surface area contributed by atoms with Gasteiger partial charge in [0.1, 0.15) is 22.7 Å². The monoisotopic (exact) mass is 387 g/mol. The molecule has 0 spiro atoms. The third-order valence-electron chi connectivity index (χ3n) is 4.85. The van der Waals surface area contributed by atoms with Gasteiger partial charge < -0.3 is 14.3 Å². The van der Waals surface area contributed by atoms with Gasteiger partial charge in [-0.15, -0.1) is 0 Å². The first kappa shape index (κ1) is 18.7. The summed E-state index contributed by atoms with van der Waals surface area (Å²) in [5.41, 5.74) is 2.37. The van der Waals surface area contributed by atoms with E-state index in [4.69, 9.17) is 9.15 Å². The third kappa shape index (κ3) is 3.36. The number of aliphatic imine (C=N–C) groups is 1. The van der Waals surface area contributed by atoms with Crippen molar-refractivity contribution >= 4 is 33.9 Å². The molecule has 3 aromatic carbocycles. The molecule has 29 heavy (non-hydrogen) atoms. The lowest BCUT2D eigenvalue weighted by Crippen LogP contribution is -2.06. The molecule has 0 fully saturated rings. The first-order valence-electron chi connectivity index (χ1n) is 9.49. The third-order valence-corrected chi connectivity index (χ3v) is 4.85. The number of rotatable bonds is 5. The molecule has 5 heteroatoms. The second-order valence-corrected chi connectivity index (χ2v) is 6.72.